The maximum Gasteiger partial charge on any atom is 0.259 e. The molecule has 0 bridgehead atoms. The van der Waals surface area contributed by atoms with Crippen LogP contribution in [0.2, 0.25) is 0 Å². The highest BCUT2D eigenvalue weighted by Crippen LogP contribution is 2.26. The van der Waals surface area contributed by atoms with Crippen LogP contribution in [0, 0.1) is 17.5 Å². The molecule has 1 aliphatic rings. The molecule has 138 valence electrons. The van der Waals surface area contributed by atoms with E-state index in [0.717, 1.165) is 37.6 Å². The first-order valence-electron chi connectivity index (χ1n) is 8.68. The standard InChI is InChI=1S/C19H20F3N3O/c1-2-12-5-3-4-10-25(12)13-6-9-16(23-11-13)24-19(26)14-7-8-15(20)18(22)17(14)21/h6-9,11-12H,2-5,10H2,1H3,(H,23,24,26). The summed E-state index contributed by atoms with van der Waals surface area (Å²) < 4.78 is 39.9. The number of rotatable bonds is 4. The van der Waals surface area contributed by atoms with Crippen LogP contribution in [0.4, 0.5) is 24.7 Å². The Morgan fingerprint density at radius 2 is 2.00 bits per heavy atom. The number of anilines is 2. The second-order valence-electron chi connectivity index (χ2n) is 6.33. The minimum absolute atomic E-state index is 0.216. The number of benzene rings is 1. The molecule has 1 unspecified atom stereocenters. The van der Waals surface area contributed by atoms with Crippen molar-refractivity contribution in [1.82, 2.24) is 4.98 Å². The van der Waals surface area contributed by atoms with Gasteiger partial charge < -0.3 is 10.2 Å². The normalized spacial score (nSPS) is 17.2. The molecule has 0 aliphatic carbocycles. The topological polar surface area (TPSA) is 45.2 Å². The van der Waals surface area contributed by atoms with Gasteiger partial charge in [0.25, 0.3) is 5.91 Å². The van der Waals surface area contributed by atoms with Gasteiger partial charge >= 0.3 is 0 Å². The Bertz CT molecular complexity index is 795. The molecule has 3 rings (SSSR count). The van der Waals surface area contributed by atoms with Crippen molar-refractivity contribution < 1.29 is 18.0 Å². The summed E-state index contributed by atoms with van der Waals surface area (Å²) >= 11 is 0. The first kappa shape index (κ1) is 18.2. The van der Waals surface area contributed by atoms with Crippen molar-refractivity contribution in [2.24, 2.45) is 0 Å². The number of carbonyl (C=O) groups is 1. The van der Waals surface area contributed by atoms with Crippen molar-refractivity contribution in [2.75, 3.05) is 16.8 Å². The highest BCUT2D eigenvalue weighted by atomic mass is 19.2. The van der Waals surface area contributed by atoms with Crippen molar-refractivity contribution in [2.45, 2.75) is 38.6 Å². The van der Waals surface area contributed by atoms with Crippen LogP contribution in [0.3, 0.4) is 0 Å². The van der Waals surface area contributed by atoms with E-state index in [0.29, 0.717) is 12.1 Å². The van der Waals surface area contributed by atoms with Crippen LogP contribution in [0.5, 0.6) is 0 Å². The highest BCUT2D eigenvalue weighted by molar-refractivity contribution is 6.04. The van der Waals surface area contributed by atoms with Crippen molar-refractivity contribution in [3.8, 4) is 0 Å². The van der Waals surface area contributed by atoms with Gasteiger partial charge in [-0.25, -0.2) is 18.2 Å². The van der Waals surface area contributed by atoms with Gasteiger partial charge in [-0.3, -0.25) is 4.79 Å². The fourth-order valence-corrected chi connectivity index (χ4v) is 3.28. The van der Waals surface area contributed by atoms with E-state index >= 15 is 0 Å². The Morgan fingerprint density at radius 1 is 1.19 bits per heavy atom. The number of piperidine rings is 1. The summed E-state index contributed by atoms with van der Waals surface area (Å²) in [5.74, 6) is -5.19. The fraction of sp³-hybridized carbons (Fsp3) is 0.368. The first-order valence-corrected chi connectivity index (χ1v) is 8.68. The molecule has 0 spiro atoms. The molecule has 1 saturated heterocycles. The van der Waals surface area contributed by atoms with E-state index in [-0.39, 0.29) is 5.82 Å². The maximum absolute atomic E-state index is 13.7. The summed E-state index contributed by atoms with van der Waals surface area (Å²) in [6.45, 7) is 3.12. The number of hydrogen-bond acceptors (Lipinski definition) is 3. The number of nitrogens with one attached hydrogen (secondary N) is 1. The second kappa shape index (κ2) is 7.76. The van der Waals surface area contributed by atoms with Crippen LogP contribution in [0.25, 0.3) is 0 Å². The molecule has 1 aromatic carbocycles. The molecule has 4 nitrogen and oxygen atoms in total. The van der Waals surface area contributed by atoms with Crippen LogP contribution < -0.4 is 10.2 Å². The number of nitrogens with zero attached hydrogens (tertiary/aromatic N) is 2. The summed E-state index contributed by atoms with van der Waals surface area (Å²) in [5.41, 5.74) is 0.394. The molecular weight excluding hydrogens is 343 g/mol. The molecule has 2 heterocycles. The molecule has 1 fully saturated rings. The van der Waals surface area contributed by atoms with E-state index in [2.05, 4.69) is 22.1 Å². The Kier molecular flexibility index (Phi) is 5.44. The molecule has 1 atom stereocenters. The predicted molar refractivity (Wildman–Crippen MR) is 93.8 cm³/mol. The largest absolute Gasteiger partial charge is 0.367 e. The van der Waals surface area contributed by atoms with Gasteiger partial charge in [-0.15, -0.1) is 0 Å². The third-order valence-electron chi connectivity index (χ3n) is 4.70. The summed E-state index contributed by atoms with van der Waals surface area (Å²) in [5, 5.41) is 2.40. The average Bonchev–Trinajstić information content (AvgIpc) is 2.66. The number of halogens is 3. The number of hydrogen-bond donors (Lipinski definition) is 1. The number of amides is 1. The third-order valence-corrected chi connectivity index (χ3v) is 4.70. The molecule has 26 heavy (non-hydrogen) atoms. The van der Waals surface area contributed by atoms with Gasteiger partial charge in [0.05, 0.1) is 17.4 Å². The Labute approximate surface area is 150 Å². The molecule has 0 saturated carbocycles. The lowest BCUT2D eigenvalue weighted by atomic mass is 9.99. The van der Waals surface area contributed by atoms with E-state index in [1.54, 1.807) is 12.3 Å². The highest BCUT2D eigenvalue weighted by Gasteiger charge is 2.22. The smallest absolute Gasteiger partial charge is 0.259 e. The van der Waals surface area contributed by atoms with Gasteiger partial charge in [0, 0.05) is 12.6 Å². The summed E-state index contributed by atoms with van der Waals surface area (Å²) in [4.78, 5) is 18.6. The molecular formula is C19H20F3N3O. The van der Waals surface area contributed by atoms with E-state index in [1.165, 1.54) is 6.42 Å². The van der Waals surface area contributed by atoms with E-state index < -0.39 is 28.9 Å². The lowest BCUT2D eigenvalue weighted by molar-refractivity contribution is 0.102. The fourth-order valence-electron chi connectivity index (χ4n) is 3.28. The quantitative estimate of drug-likeness (QED) is 0.813. The van der Waals surface area contributed by atoms with Gasteiger partial charge in [-0.1, -0.05) is 6.92 Å². The van der Waals surface area contributed by atoms with Gasteiger partial charge in [0.1, 0.15) is 5.82 Å². The zero-order valence-electron chi connectivity index (χ0n) is 14.4. The van der Waals surface area contributed by atoms with Crippen LogP contribution in [-0.4, -0.2) is 23.5 Å². The molecule has 1 N–H and O–H groups in total. The molecule has 1 amide bonds. The van der Waals surface area contributed by atoms with Crippen molar-refractivity contribution >= 4 is 17.4 Å². The Hall–Kier alpha value is -2.57. The van der Waals surface area contributed by atoms with Crippen LogP contribution in [0.1, 0.15) is 43.0 Å². The van der Waals surface area contributed by atoms with Gasteiger partial charge in [0.15, 0.2) is 17.5 Å². The number of pyridine rings is 1. The number of aromatic nitrogens is 1. The molecule has 0 radical (unpaired) electrons. The number of carbonyl (C=O) groups excluding carboxylic acids is 1. The van der Waals surface area contributed by atoms with E-state index in [1.807, 2.05) is 6.07 Å². The van der Waals surface area contributed by atoms with Gasteiger partial charge in [-0.2, -0.15) is 0 Å². The van der Waals surface area contributed by atoms with Gasteiger partial charge in [-0.05, 0) is 49.9 Å². The first-order chi connectivity index (χ1) is 12.5. The maximum atomic E-state index is 13.7. The summed E-state index contributed by atoms with van der Waals surface area (Å²) in [6.07, 6.45) is 6.20. The minimum atomic E-state index is -1.67. The lowest BCUT2D eigenvalue weighted by Crippen LogP contribution is -2.39. The molecule has 2 aromatic rings. The van der Waals surface area contributed by atoms with Crippen LogP contribution in [0.15, 0.2) is 30.5 Å². The average molecular weight is 363 g/mol. The van der Waals surface area contributed by atoms with Crippen LogP contribution in [-0.2, 0) is 0 Å². The Balaban J connectivity index is 1.73. The van der Waals surface area contributed by atoms with Crippen LogP contribution >= 0.6 is 0 Å². The van der Waals surface area contributed by atoms with Crippen molar-refractivity contribution in [3.05, 3.63) is 53.5 Å². The van der Waals surface area contributed by atoms with Crippen molar-refractivity contribution in [3.63, 3.8) is 0 Å². The minimum Gasteiger partial charge on any atom is -0.367 e. The summed E-state index contributed by atoms with van der Waals surface area (Å²) in [7, 11) is 0. The summed E-state index contributed by atoms with van der Waals surface area (Å²) in [6, 6.07) is 5.55. The predicted octanol–water partition coefficient (Wildman–Crippen LogP) is 4.52. The van der Waals surface area contributed by atoms with E-state index in [9.17, 15) is 18.0 Å². The van der Waals surface area contributed by atoms with E-state index in [4.69, 9.17) is 0 Å². The molecule has 7 heteroatoms. The molecule has 1 aliphatic heterocycles. The zero-order chi connectivity index (χ0) is 18.7. The third kappa shape index (κ3) is 3.66. The van der Waals surface area contributed by atoms with Gasteiger partial charge in [0.2, 0.25) is 0 Å². The molecule has 1 aromatic heterocycles. The lowest BCUT2D eigenvalue weighted by Gasteiger charge is -2.37. The zero-order valence-corrected chi connectivity index (χ0v) is 14.4. The van der Waals surface area contributed by atoms with Crippen molar-refractivity contribution in [1.29, 1.82) is 0 Å². The Morgan fingerprint density at radius 3 is 2.69 bits per heavy atom. The SMILES string of the molecule is CCC1CCCCN1c1ccc(NC(=O)c2ccc(F)c(F)c2F)nc1. The second-order valence-corrected chi connectivity index (χ2v) is 6.33. The monoisotopic (exact) mass is 363 g/mol.